The first kappa shape index (κ1) is 13.7. The Morgan fingerprint density at radius 3 is 2.58 bits per heavy atom. The molecule has 0 atom stereocenters. The van der Waals surface area contributed by atoms with Gasteiger partial charge in [0, 0.05) is 6.42 Å². The molecule has 1 aromatic heterocycles. The first-order chi connectivity index (χ1) is 9.28. The zero-order chi connectivity index (χ0) is 13.5. The van der Waals surface area contributed by atoms with Crippen LogP contribution in [0.2, 0.25) is 0 Å². The third-order valence-corrected chi connectivity index (χ3v) is 2.98. The molecule has 4 heteroatoms. The van der Waals surface area contributed by atoms with Crippen LogP contribution in [0.4, 0.5) is 0 Å². The molecule has 0 bridgehead atoms. The van der Waals surface area contributed by atoms with Crippen molar-refractivity contribution in [2.75, 3.05) is 13.1 Å². The maximum atomic E-state index is 5.65. The lowest BCUT2D eigenvalue weighted by atomic mass is 10.1. The predicted molar refractivity (Wildman–Crippen MR) is 75.1 cm³/mol. The lowest BCUT2D eigenvalue weighted by molar-refractivity contribution is 0.449. The minimum atomic E-state index is 0.697. The number of benzene rings is 1. The molecule has 0 saturated carbocycles. The molecule has 0 radical (unpaired) electrons. The van der Waals surface area contributed by atoms with Crippen LogP contribution in [-0.2, 0) is 12.8 Å². The summed E-state index contributed by atoms with van der Waals surface area (Å²) < 4.78 is 5.65. The van der Waals surface area contributed by atoms with Crippen LogP contribution in [0.1, 0.15) is 36.3 Å². The largest absolute Gasteiger partial charge is 0.425 e. The van der Waals surface area contributed by atoms with E-state index in [0.717, 1.165) is 31.8 Å². The topological polar surface area (TPSA) is 51.0 Å². The Labute approximate surface area is 114 Å². The second-order valence-electron chi connectivity index (χ2n) is 4.71. The normalized spacial score (nSPS) is 10.8. The number of rotatable bonds is 7. The van der Waals surface area contributed by atoms with Crippen molar-refractivity contribution in [3.63, 3.8) is 0 Å². The Morgan fingerprint density at radius 1 is 1.11 bits per heavy atom. The van der Waals surface area contributed by atoms with Crippen LogP contribution in [0.3, 0.4) is 0 Å². The van der Waals surface area contributed by atoms with E-state index in [0.29, 0.717) is 12.3 Å². The van der Waals surface area contributed by atoms with Crippen molar-refractivity contribution in [1.82, 2.24) is 15.5 Å². The Hall–Kier alpha value is -1.68. The Balaban J connectivity index is 1.85. The number of nitrogens with zero attached hydrogens (tertiary/aromatic N) is 2. The molecule has 2 aromatic rings. The second kappa shape index (κ2) is 7.04. The van der Waals surface area contributed by atoms with Crippen LogP contribution < -0.4 is 5.32 Å². The Kier molecular flexibility index (Phi) is 5.10. The van der Waals surface area contributed by atoms with Crippen LogP contribution >= 0.6 is 0 Å². The van der Waals surface area contributed by atoms with Gasteiger partial charge in [0.15, 0.2) is 0 Å². The van der Waals surface area contributed by atoms with E-state index in [-0.39, 0.29) is 0 Å². The number of aryl methyl sites for hydroxylation is 2. The van der Waals surface area contributed by atoms with Crippen LogP contribution in [-0.4, -0.2) is 23.3 Å². The van der Waals surface area contributed by atoms with Crippen molar-refractivity contribution in [1.29, 1.82) is 0 Å². The van der Waals surface area contributed by atoms with E-state index in [1.54, 1.807) is 0 Å². The molecule has 1 N–H and O–H groups in total. The molecule has 2 rings (SSSR count). The first-order valence-corrected chi connectivity index (χ1v) is 6.85. The number of hydrogen-bond acceptors (Lipinski definition) is 4. The van der Waals surface area contributed by atoms with E-state index in [2.05, 4.69) is 53.6 Å². The summed E-state index contributed by atoms with van der Waals surface area (Å²) in [5.74, 6) is 1.43. The van der Waals surface area contributed by atoms with Crippen LogP contribution in [0, 0.1) is 6.92 Å². The first-order valence-electron chi connectivity index (χ1n) is 6.85. The third-order valence-electron chi connectivity index (χ3n) is 2.98. The lowest BCUT2D eigenvalue weighted by Crippen LogP contribution is -2.14. The molecular formula is C15H21N3O. The molecular weight excluding hydrogens is 238 g/mol. The van der Waals surface area contributed by atoms with Crippen molar-refractivity contribution in [3.05, 3.63) is 47.2 Å². The lowest BCUT2D eigenvalue weighted by Gasteiger charge is -1.98. The van der Waals surface area contributed by atoms with Gasteiger partial charge in [-0.2, -0.15) is 0 Å². The molecule has 0 fully saturated rings. The van der Waals surface area contributed by atoms with E-state index >= 15 is 0 Å². The zero-order valence-electron chi connectivity index (χ0n) is 11.6. The van der Waals surface area contributed by atoms with Crippen LogP contribution in [0.15, 0.2) is 28.7 Å². The van der Waals surface area contributed by atoms with Gasteiger partial charge in [0.1, 0.15) is 0 Å². The second-order valence-corrected chi connectivity index (χ2v) is 4.71. The summed E-state index contributed by atoms with van der Waals surface area (Å²) in [6.45, 7) is 6.18. The van der Waals surface area contributed by atoms with Gasteiger partial charge < -0.3 is 9.73 Å². The minimum absolute atomic E-state index is 0.697. The molecule has 0 spiro atoms. The van der Waals surface area contributed by atoms with E-state index < -0.39 is 0 Å². The maximum Gasteiger partial charge on any atom is 0.220 e. The Bertz CT molecular complexity index is 490. The summed E-state index contributed by atoms with van der Waals surface area (Å²) in [7, 11) is 0. The van der Waals surface area contributed by atoms with Gasteiger partial charge in [0.2, 0.25) is 11.8 Å². The van der Waals surface area contributed by atoms with Gasteiger partial charge in [-0.15, -0.1) is 10.2 Å². The number of aromatic nitrogens is 2. The summed E-state index contributed by atoms with van der Waals surface area (Å²) in [4.78, 5) is 0. The molecule has 0 aliphatic rings. The van der Waals surface area contributed by atoms with Crippen molar-refractivity contribution in [3.8, 4) is 0 Å². The fraction of sp³-hybridized carbons (Fsp3) is 0.467. The highest BCUT2D eigenvalue weighted by atomic mass is 16.4. The molecule has 0 aliphatic heterocycles. The monoisotopic (exact) mass is 259 g/mol. The van der Waals surface area contributed by atoms with Gasteiger partial charge in [0.25, 0.3) is 0 Å². The molecule has 0 aliphatic carbocycles. The number of hydrogen-bond donors (Lipinski definition) is 1. The molecule has 0 amide bonds. The van der Waals surface area contributed by atoms with Crippen LogP contribution in [0.5, 0.6) is 0 Å². The fourth-order valence-corrected chi connectivity index (χ4v) is 1.88. The van der Waals surface area contributed by atoms with Gasteiger partial charge in [-0.1, -0.05) is 36.8 Å². The molecule has 1 aromatic carbocycles. The van der Waals surface area contributed by atoms with Crippen molar-refractivity contribution in [2.24, 2.45) is 0 Å². The van der Waals surface area contributed by atoms with Crippen LogP contribution in [0.25, 0.3) is 0 Å². The van der Waals surface area contributed by atoms with Crippen molar-refractivity contribution in [2.45, 2.75) is 33.1 Å². The van der Waals surface area contributed by atoms with Gasteiger partial charge >= 0.3 is 0 Å². The van der Waals surface area contributed by atoms with E-state index in [9.17, 15) is 0 Å². The molecule has 102 valence electrons. The summed E-state index contributed by atoms with van der Waals surface area (Å²) in [6.07, 6.45) is 2.58. The smallest absolute Gasteiger partial charge is 0.220 e. The summed E-state index contributed by atoms with van der Waals surface area (Å²) >= 11 is 0. The van der Waals surface area contributed by atoms with Gasteiger partial charge in [-0.05, 0) is 32.0 Å². The molecule has 19 heavy (non-hydrogen) atoms. The standard InChI is InChI=1S/C15H21N3O/c1-3-16-10-4-5-14-17-18-15(19-14)11-13-8-6-12(2)7-9-13/h6-9,16H,3-5,10-11H2,1-2H3. The highest BCUT2D eigenvalue weighted by Gasteiger charge is 2.06. The van der Waals surface area contributed by atoms with Gasteiger partial charge in [0.05, 0.1) is 6.42 Å². The third kappa shape index (κ3) is 4.48. The average molecular weight is 259 g/mol. The predicted octanol–water partition coefficient (Wildman–Crippen LogP) is 2.51. The molecule has 1 heterocycles. The highest BCUT2D eigenvalue weighted by molar-refractivity contribution is 5.23. The molecule has 4 nitrogen and oxygen atoms in total. The van der Waals surface area contributed by atoms with Crippen molar-refractivity contribution >= 4 is 0 Å². The average Bonchev–Trinajstić information content (AvgIpc) is 2.85. The van der Waals surface area contributed by atoms with Gasteiger partial charge in [-0.3, -0.25) is 0 Å². The summed E-state index contributed by atoms with van der Waals surface area (Å²) in [6, 6.07) is 8.40. The van der Waals surface area contributed by atoms with Crippen molar-refractivity contribution < 1.29 is 4.42 Å². The van der Waals surface area contributed by atoms with Gasteiger partial charge in [-0.25, -0.2) is 0 Å². The van der Waals surface area contributed by atoms with E-state index in [1.807, 2.05) is 0 Å². The SMILES string of the molecule is CCNCCCc1nnc(Cc2ccc(C)cc2)o1. The molecule has 0 saturated heterocycles. The fourth-order valence-electron chi connectivity index (χ4n) is 1.88. The summed E-state index contributed by atoms with van der Waals surface area (Å²) in [5, 5.41) is 11.5. The quantitative estimate of drug-likeness (QED) is 0.776. The van der Waals surface area contributed by atoms with E-state index in [4.69, 9.17) is 4.42 Å². The molecule has 0 unspecified atom stereocenters. The Morgan fingerprint density at radius 2 is 1.84 bits per heavy atom. The number of nitrogens with one attached hydrogen (secondary N) is 1. The maximum absolute atomic E-state index is 5.65. The highest BCUT2D eigenvalue weighted by Crippen LogP contribution is 2.10. The minimum Gasteiger partial charge on any atom is -0.425 e. The zero-order valence-corrected chi connectivity index (χ0v) is 11.6. The van der Waals surface area contributed by atoms with E-state index in [1.165, 1.54) is 11.1 Å². The summed E-state index contributed by atoms with van der Waals surface area (Å²) in [5.41, 5.74) is 2.46.